The Morgan fingerprint density at radius 2 is 0.551 bits per heavy atom. The Morgan fingerprint density at radius 3 is 0.980 bits per heavy atom. The summed E-state index contributed by atoms with van der Waals surface area (Å²) in [7, 11) is 0. The van der Waals surface area contributed by atoms with E-state index in [1.807, 2.05) is 0 Å². The number of furan rings is 1. The molecule has 0 radical (unpaired) electrons. The molecule has 16 N–H and O–H groups in total. The van der Waals surface area contributed by atoms with Gasteiger partial charge >= 0.3 is 0 Å². The molecule has 0 aliphatic carbocycles. The van der Waals surface area contributed by atoms with Crippen LogP contribution >= 0.6 is 0 Å². The lowest BCUT2D eigenvalue weighted by atomic mass is 9.83. The van der Waals surface area contributed by atoms with Crippen LogP contribution in [0.25, 0.3) is 65.7 Å². The van der Waals surface area contributed by atoms with Crippen molar-refractivity contribution in [3.8, 4) is 114 Å². The summed E-state index contributed by atoms with van der Waals surface area (Å²) < 4.78 is 5.47. The van der Waals surface area contributed by atoms with Gasteiger partial charge in [-0.15, -0.1) is 0 Å². The first kappa shape index (κ1) is 30.1. The minimum absolute atomic E-state index is 0.337. The Bertz CT molecular complexity index is 2570. The molecule has 7 aromatic rings. The van der Waals surface area contributed by atoms with E-state index in [1.165, 1.54) is 0 Å². The molecule has 0 unspecified atom stereocenters. The van der Waals surface area contributed by atoms with Gasteiger partial charge in [-0.2, -0.15) is 0 Å². The fourth-order valence-electron chi connectivity index (χ4n) is 6.11. The number of hydrogen-bond acceptors (Lipinski definition) is 17. The molecule has 0 saturated carbocycles. The van der Waals surface area contributed by atoms with Crippen molar-refractivity contribution in [3.63, 3.8) is 0 Å². The maximum atomic E-state index is 11.4. The summed E-state index contributed by atoms with van der Waals surface area (Å²) in [4.78, 5) is 0. The van der Waals surface area contributed by atoms with Crippen LogP contribution in [0.4, 0.5) is 0 Å². The quantitative estimate of drug-likeness (QED) is 0.0679. The molecule has 0 bridgehead atoms. The molecule has 0 fully saturated rings. The Hall–Kier alpha value is -7.56. The molecule has 0 atom stereocenters. The lowest BCUT2D eigenvalue weighted by Gasteiger charge is -2.22. The topological polar surface area (TPSA) is 337 Å². The smallest absolute Gasteiger partial charge is 0.208 e. The van der Waals surface area contributed by atoms with E-state index in [1.54, 1.807) is 0 Å². The molecule has 7 rings (SSSR count). The Morgan fingerprint density at radius 1 is 0.265 bits per heavy atom. The van der Waals surface area contributed by atoms with E-state index in [9.17, 15) is 81.7 Å². The van der Waals surface area contributed by atoms with E-state index < -0.39 is 136 Å². The molecule has 17 heteroatoms. The molecule has 1 heterocycles. The van der Waals surface area contributed by atoms with Crippen molar-refractivity contribution in [2.75, 3.05) is 0 Å². The summed E-state index contributed by atoms with van der Waals surface area (Å²) in [6.45, 7) is 0. The summed E-state index contributed by atoms with van der Waals surface area (Å²) in [5.74, 6) is -18.4. The van der Waals surface area contributed by atoms with Crippen LogP contribution in [0.5, 0.6) is 92.0 Å². The van der Waals surface area contributed by atoms with Gasteiger partial charge in [0.1, 0.15) is 0 Å². The third-order valence-corrected chi connectivity index (χ3v) is 8.36. The first-order valence-electron chi connectivity index (χ1n) is 13.5. The van der Waals surface area contributed by atoms with Gasteiger partial charge in [0.15, 0.2) is 57.2 Å². The fourth-order valence-corrected chi connectivity index (χ4v) is 6.11. The molecule has 0 aliphatic heterocycles. The highest BCUT2D eigenvalue weighted by molar-refractivity contribution is 6.30. The maximum Gasteiger partial charge on any atom is 0.208 e. The van der Waals surface area contributed by atoms with Gasteiger partial charge in [-0.25, -0.2) is 0 Å². The Balaban J connectivity index is 1.85. The van der Waals surface area contributed by atoms with Gasteiger partial charge in [-0.3, -0.25) is 0 Å². The van der Waals surface area contributed by atoms with Crippen molar-refractivity contribution in [2.24, 2.45) is 0 Å². The second-order valence-corrected chi connectivity index (χ2v) is 11.0. The second kappa shape index (κ2) is 9.48. The van der Waals surface area contributed by atoms with E-state index in [4.69, 9.17) is 4.42 Å². The van der Waals surface area contributed by atoms with Crippen molar-refractivity contribution in [1.82, 2.24) is 0 Å². The number of hydrogen-bond donors (Lipinski definition) is 16. The van der Waals surface area contributed by atoms with Gasteiger partial charge in [0.2, 0.25) is 46.0 Å². The van der Waals surface area contributed by atoms with Crippen LogP contribution in [0.2, 0.25) is 0 Å². The molecular formula is C32H20O17. The van der Waals surface area contributed by atoms with Gasteiger partial charge < -0.3 is 86.1 Å². The number of fused-ring (bicyclic) bond motifs is 5. The van der Waals surface area contributed by atoms with Crippen molar-refractivity contribution in [3.05, 3.63) is 24.3 Å². The summed E-state index contributed by atoms with van der Waals surface area (Å²) in [5.41, 5.74) is -3.89. The third-order valence-electron chi connectivity index (χ3n) is 8.36. The first-order chi connectivity index (χ1) is 23.0. The summed E-state index contributed by atoms with van der Waals surface area (Å²) >= 11 is 0. The van der Waals surface area contributed by atoms with Crippen LogP contribution in [-0.2, 0) is 0 Å². The standard InChI is InChI=1S/C32H20O17/c33-9-1-5-7(3-11(9)35)14(17-20(38)23(41)27(45)24(42)21(17)39)8-4-12(36)10(34)2-6(8)13(5)15-16-18-22(40)25(43)28(46)30(48)32(18)49-31(16)29(47)26(44)19(15)37/h1-4,33-48H. The maximum absolute atomic E-state index is 11.4. The first-order valence-corrected chi connectivity index (χ1v) is 13.5. The fraction of sp³-hybridized carbons (Fsp3) is 0. The van der Waals surface area contributed by atoms with Gasteiger partial charge in [0.25, 0.3) is 0 Å². The molecule has 17 nitrogen and oxygen atoms in total. The SMILES string of the molecule is Oc1cc2c(-c3c(O)c(O)c(O)c(O)c3O)c3cc(O)c(O)cc3c(-c3c(O)c(O)c(O)c4oc5c(O)c(O)c(O)c(O)c5c34)c2cc1O. The van der Waals surface area contributed by atoms with E-state index in [-0.39, 0.29) is 21.5 Å². The molecule has 1 aromatic heterocycles. The minimum atomic E-state index is -1.33. The molecule has 0 aliphatic rings. The lowest BCUT2D eigenvalue weighted by molar-refractivity contribution is 0.330. The number of benzene rings is 6. The van der Waals surface area contributed by atoms with Crippen LogP contribution in [0.3, 0.4) is 0 Å². The van der Waals surface area contributed by atoms with Crippen molar-refractivity contribution < 1.29 is 86.1 Å². The summed E-state index contributed by atoms with van der Waals surface area (Å²) in [5, 5.41) is 168. The summed E-state index contributed by atoms with van der Waals surface area (Å²) in [6.07, 6.45) is 0. The number of rotatable bonds is 2. The third kappa shape index (κ3) is 3.62. The van der Waals surface area contributed by atoms with Crippen LogP contribution < -0.4 is 0 Å². The zero-order valence-corrected chi connectivity index (χ0v) is 23.9. The van der Waals surface area contributed by atoms with Gasteiger partial charge in [0.05, 0.1) is 10.9 Å². The zero-order chi connectivity index (χ0) is 35.7. The second-order valence-electron chi connectivity index (χ2n) is 11.0. The van der Waals surface area contributed by atoms with Crippen molar-refractivity contribution in [1.29, 1.82) is 0 Å². The highest BCUT2D eigenvalue weighted by atomic mass is 16.4. The largest absolute Gasteiger partial charge is 0.504 e. The van der Waals surface area contributed by atoms with E-state index >= 15 is 0 Å². The molecular weight excluding hydrogens is 656 g/mol. The van der Waals surface area contributed by atoms with Crippen LogP contribution in [0, 0.1) is 0 Å². The number of phenols is 16. The molecule has 250 valence electrons. The van der Waals surface area contributed by atoms with Crippen LogP contribution in [-0.4, -0.2) is 81.7 Å². The summed E-state index contributed by atoms with van der Waals surface area (Å²) in [6, 6.07) is 3.36. The molecule has 49 heavy (non-hydrogen) atoms. The molecule has 0 saturated heterocycles. The number of phenolic OH excluding ortho intramolecular Hbond substituents is 16. The lowest BCUT2D eigenvalue weighted by Crippen LogP contribution is -1.94. The molecule has 6 aromatic carbocycles. The Labute approximate surface area is 268 Å². The van der Waals surface area contributed by atoms with E-state index in [2.05, 4.69) is 0 Å². The van der Waals surface area contributed by atoms with Crippen molar-refractivity contribution in [2.45, 2.75) is 0 Å². The Kier molecular flexibility index (Phi) is 5.83. The van der Waals surface area contributed by atoms with E-state index in [0.29, 0.717) is 0 Å². The van der Waals surface area contributed by atoms with Crippen molar-refractivity contribution >= 4 is 43.5 Å². The predicted octanol–water partition coefficient (Wildman–Crippen LogP) is 4.52. The minimum Gasteiger partial charge on any atom is -0.504 e. The normalized spacial score (nSPS) is 11.8. The van der Waals surface area contributed by atoms with Gasteiger partial charge in [0, 0.05) is 22.1 Å². The zero-order valence-electron chi connectivity index (χ0n) is 23.9. The van der Waals surface area contributed by atoms with Gasteiger partial charge in [-0.05, 0) is 45.8 Å². The predicted molar refractivity (Wildman–Crippen MR) is 166 cm³/mol. The molecule has 0 spiro atoms. The monoisotopic (exact) mass is 676 g/mol. The number of aromatic hydroxyl groups is 16. The van der Waals surface area contributed by atoms with E-state index in [0.717, 1.165) is 24.3 Å². The molecule has 0 amide bonds. The van der Waals surface area contributed by atoms with Gasteiger partial charge in [-0.1, -0.05) is 0 Å². The van der Waals surface area contributed by atoms with Crippen LogP contribution in [0.15, 0.2) is 28.7 Å². The highest BCUT2D eigenvalue weighted by Crippen LogP contribution is 2.63. The van der Waals surface area contributed by atoms with Crippen LogP contribution in [0.1, 0.15) is 0 Å². The average Bonchev–Trinajstić information content (AvgIpc) is 3.47. The average molecular weight is 676 g/mol. The highest BCUT2D eigenvalue weighted by Gasteiger charge is 2.34.